The Balaban J connectivity index is 0. The van der Waals surface area contributed by atoms with E-state index in [1.807, 2.05) is 13.8 Å². The molecule has 0 aromatic carbocycles. The monoisotopic (exact) mass is 278 g/mol. The van der Waals surface area contributed by atoms with Crippen LogP contribution in [0.4, 0.5) is 0 Å². The molecule has 0 amide bonds. The quantitative estimate of drug-likeness (QED) is 0.394. The van der Waals surface area contributed by atoms with Gasteiger partial charge in [0.2, 0.25) is 0 Å². The van der Waals surface area contributed by atoms with Crippen LogP contribution in [0.5, 0.6) is 0 Å². The lowest BCUT2D eigenvalue weighted by Crippen LogP contribution is -2.25. The molecule has 0 fully saturated rings. The number of aliphatic hydroxyl groups excluding tert-OH is 2. The minimum atomic E-state index is -0.739. The average molecular weight is 278 g/mol. The van der Waals surface area contributed by atoms with E-state index in [9.17, 15) is 4.79 Å². The van der Waals surface area contributed by atoms with Crippen molar-refractivity contribution in [3.63, 3.8) is 0 Å². The van der Waals surface area contributed by atoms with E-state index in [0.29, 0.717) is 19.4 Å². The van der Waals surface area contributed by atoms with Crippen LogP contribution >= 0.6 is 0 Å². The van der Waals surface area contributed by atoms with Crippen LogP contribution in [0, 0.1) is 0 Å². The first-order chi connectivity index (χ1) is 8.90. The zero-order valence-electron chi connectivity index (χ0n) is 12.2. The molecule has 0 aliphatic carbocycles. The molecule has 6 nitrogen and oxygen atoms in total. The van der Waals surface area contributed by atoms with Gasteiger partial charge in [-0.15, -0.1) is 0 Å². The number of hydrogen-bond acceptors (Lipinski definition) is 6. The summed E-state index contributed by atoms with van der Waals surface area (Å²) in [5, 5.41) is 18.2. The third-order valence-electron chi connectivity index (χ3n) is 1.98. The highest BCUT2D eigenvalue weighted by molar-refractivity contribution is 5.80. The molecular formula is C13H26O6. The van der Waals surface area contributed by atoms with Crippen LogP contribution in [0.25, 0.3) is 0 Å². The van der Waals surface area contributed by atoms with Gasteiger partial charge in [0, 0.05) is 6.08 Å². The lowest BCUT2D eigenvalue weighted by molar-refractivity contribution is -0.176. The lowest BCUT2D eigenvalue weighted by atomic mass is 10.4. The van der Waals surface area contributed by atoms with Gasteiger partial charge in [-0.25, -0.2) is 4.79 Å². The molecule has 0 aliphatic heterocycles. The van der Waals surface area contributed by atoms with Crippen molar-refractivity contribution in [1.29, 1.82) is 0 Å². The smallest absolute Gasteiger partial charge is 0.329 e. The van der Waals surface area contributed by atoms with E-state index in [4.69, 9.17) is 19.7 Å². The van der Waals surface area contributed by atoms with E-state index >= 15 is 0 Å². The average Bonchev–Trinajstić information content (AvgIpc) is 2.44. The van der Waals surface area contributed by atoms with Crippen LogP contribution in [0.3, 0.4) is 0 Å². The van der Waals surface area contributed by atoms with Gasteiger partial charge in [0.05, 0.1) is 19.8 Å². The predicted molar refractivity (Wildman–Crippen MR) is 71.3 cm³/mol. The third-order valence-corrected chi connectivity index (χ3v) is 1.98. The van der Waals surface area contributed by atoms with Crippen molar-refractivity contribution in [2.75, 3.05) is 13.7 Å². The first-order valence-electron chi connectivity index (χ1n) is 6.24. The number of esters is 1. The second-order valence-electron chi connectivity index (χ2n) is 3.73. The molecule has 0 saturated carbocycles. The Hall–Kier alpha value is -0.950. The van der Waals surface area contributed by atoms with Crippen LogP contribution in [-0.2, 0) is 19.0 Å². The molecule has 0 aromatic rings. The van der Waals surface area contributed by atoms with Crippen molar-refractivity contribution in [1.82, 2.24) is 0 Å². The molecule has 0 rings (SSSR count). The maximum atomic E-state index is 9.84. The number of rotatable bonds is 8. The maximum absolute atomic E-state index is 9.84. The van der Waals surface area contributed by atoms with Gasteiger partial charge in [-0.05, 0) is 19.8 Å². The number of methoxy groups -OCH3 is 1. The summed E-state index contributed by atoms with van der Waals surface area (Å²) in [5.74, 6) is -0.394. The van der Waals surface area contributed by atoms with Crippen molar-refractivity contribution in [3.05, 3.63) is 12.7 Å². The number of ether oxygens (including phenoxy) is 3. The summed E-state index contributed by atoms with van der Waals surface area (Å²) in [6.45, 7) is 8.91. The van der Waals surface area contributed by atoms with E-state index in [2.05, 4.69) is 11.3 Å². The van der Waals surface area contributed by atoms with Crippen molar-refractivity contribution in [2.45, 2.75) is 52.3 Å². The van der Waals surface area contributed by atoms with Crippen LogP contribution in [0.15, 0.2) is 12.7 Å². The van der Waals surface area contributed by atoms with Crippen molar-refractivity contribution >= 4 is 5.97 Å². The van der Waals surface area contributed by atoms with Gasteiger partial charge in [0.1, 0.15) is 0 Å². The van der Waals surface area contributed by atoms with E-state index in [-0.39, 0.29) is 6.10 Å². The van der Waals surface area contributed by atoms with Crippen LogP contribution < -0.4 is 0 Å². The maximum Gasteiger partial charge on any atom is 0.329 e. The summed E-state index contributed by atoms with van der Waals surface area (Å²) in [7, 11) is 1.31. The van der Waals surface area contributed by atoms with Gasteiger partial charge < -0.3 is 24.4 Å². The summed E-state index contributed by atoms with van der Waals surface area (Å²) in [5.41, 5.74) is 0. The molecule has 19 heavy (non-hydrogen) atoms. The Morgan fingerprint density at radius 2 is 1.79 bits per heavy atom. The summed E-state index contributed by atoms with van der Waals surface area (Å²) in [6, 6.07) is 0. The normalized spacial score (nSPS) is 14.6. The summed E-state index contributed by atoms with van der Waals surface area (Å²) in [6.07, 6.45) is 0.558. The molecule has 3 unspecified atom stereocenters. The highest BCUT2D eigenvalue weighted by Gasteiger charge is 2.10. The summed E-state index contributed by atoms with van der Waals surface area (Å²) >= 11 is 0. The summed E-state index contributed by atoms with van der Waals surface area (Å²) < 4.78 is 14.3. The first-order valence-corrected chi connectivity index (χ1v) is 6.24. The number of hydrogen-bond donors (Lipinski definition) is 2. The van der Waals surface area contributed by atoms with E-state index in [0.717, 1.165) is 6.08 Å². The Bertz CT molecular complexity index is 231. The van der Waals surface area contributed by atoms with Crippen LogP contribution in [0.1, 0.15) is 33.6 Å². The number of carbonyl (C=O) groups is 1. The molecule has 0 aromatic heterocycles. The fraction of sp³-hybridized carbons (Fsp3) is 0.769. The van der Waals surface area contributed by atoms with E-state index in [1.165, 1.54) is 7.11 Å². The fourth-order valence-electron chi connectivity index (χ4n) is 0.851. The topological polar surface area (TPSA) is 85.2 Å². The van der Waals surface area contributed by atoms with Gasteiger partial charge in [0.15, 0.2) is 12.6 Å². The summed E-state index contributed by atoms with van der Waals surface area (Å²) in [4.78, 5) is 9.84. The van der Waals surface area contributed by atoms with Gasteiger partial charge in [-0.2, -0.15) is 0 Å². The van der Waals surface area contributed by atoms with Gasteiger partial charge in [-0.1, -0.05) is 20.4 Å². The number of carbonyl (C=O) groups excluding carboxylic acids is 1. The second kappa shape index (κ2) is 13.5. The number of aliphatic hydroxyl groups is 2. The fourth-order valence-corrected chi connectivity index (χ4v) is 0.851. The molecule has 0 bridgehead atoms. The SMILES string of the molecule is C=CC(=O)OC.CCC(O)OCC(C)OC(O)CC. The van der Waals surface area contributed by atoms with E-state index < -0.39 is 18.5 Å². The molecule has 114 valence electrons. The molecule has 0 aliphatic rings. The van der Waals surface area contributed by atoms with Gasteiger partial charge >= 0.3 is 5.97 Å². The van der Waals surface area contributed by atoms with Crippen LogP contribution in [0.2, 0.25) is 0 Å². The molecule has 0 spiro atoms. The standard InChI is InChI=1S/C9H20O4.C4H6O2/c1-4-8(10)12-6-7(3)13-9(11)5-2;1-3-4(5)6-2/h7-11H,4-6H2,1-3H3;3H,1H2,2H3. The van der Waals surface area contributed by atoms with Crippen molar-refractivity contribution in [2.24, 2.45) is 0 Å². The zero-order chi connectivity index (χ0) is 15.3. The van der Waals surface area contributed by atoms with Gasteiger partial charge in [0.25, 0.3) is 0 Å². The van der Waals surface area contributed by atoms with Crippen molar-refractivity contribution < 1.29 is 29.2 Å². The minimum absolute atomic E-state index is 0.198. The van der Waals surface area contributed by atoms with Crippen molar-refractivity contribution in [3.8, 4) is 0 Å². The molecule has 3 atom stereocenters. The molecule has 0 saturated heterocycles. The Kier molecular flexibility index (Phi) is 14.5. The van der Waals surface area contributed by atoms with Gasteiger partial charge in [-0.3, -0.25) is 0 Å². The molecular weight excluding hydrogens is 252 g/mol. The first kappa shape index (κ1) is 20.4. The van der Waals surface area contributed by atoms with Crippen LogP contribution in [-0.4, -0.2) is 48.6 Å². The Labute approximate surface area is 115 Å². The second-order valence-corrected chi connectivity index (χ2v) is 3.73. The Morgan fingerprint density at radius 1 is 1.26 bits per heavy atom. The predicted octanol–water partition coefficient (Wildman–Crippen LogP) is 1.21. The lowest BCUT2D eigenvalue weighted by Gasteiger charge is -2.18. The molecule has 2 N–H and O–H groups in total. The Morgan fingerprint density at radius 3 is 2.11 bits per heavy atom. The highest BCUT2D eigenvalue weighted by Crippen LogP contribution is 2.02. The highest BCUT2D eigenvalue weighted by atomic mass is 16.6. The molecule has 0 radical (unpaired) electrons. The third kappa shape index (κ3) is 15.0. The van der Waals surface area contributed by atoms with E-state index in [1.54, 1.807) is 6.92 Å². The molecule has 0 heterocycles. The largest absolute Gasteiger partial charge is 0.466 e. The zero-order valence-corrected chi connectivity index (χ0v) is 12.2. The minimum Gasteiger partial charge on any atom is -0.466 e. The molecule has 6 heteroatoms.